The molecule has 1 aliphatic rings. The molecule has 2 aromatic carbocycles. The van der Waals surface area contributed by atoms with E-state index in [1.165, 1.54) is 11.3 Å². The van der Waals surface area contributed by atoms with E-state index < -0.39 is 0 Å². The van der Waals surface area contributed by atoms with Crippen molar-refractivity contribution in [2.45, 2.75) is 25.8 Å². The van der Waals surface area contributed by atoms with Gasteiger partial charge in [-0.3, -0.25) is 9.69 Å². The lowest BCUT2D eigenvalue weighted by molar-refractivity contribution is 0.102. The zero-order valence-corrected chi connectivity index (χ0v) is 21.1. The molecule has 1 amide bonds. The minimum atomic E-state index is -0.251. The van der Waals surface area contributed by atoms with E-state index in [9.17, 15) is 4.79 Å². The van der Waals surface area contributed by atoms with Crippen LogP contribution in [0.5, 0.6) is 11.5 Å². The van der Waals surface area contributed by atoms with Crippen LogP contribution in [0.3, 0.4) is 0 Å². The number of benzene rings is 2. The average molecular weight is 491 g/mol. The second kappa shape index (κ2) is 10.1. The molecule has 0 spiro atoms. The summed E-state index contributed by atoms with van der Waals surface area (Å²) in [5.74, 6) is 2.74. The highest BCUT2D eigenvalue weighted by molar-refractivity contribution is 7.12. The van der Waals surface area contributed by atoms with Gasteiger partial charge in [0.2, 0.25) is 0 Å². The summed E-state index contributed by atoms with van der Waals surface area (Å²) in [5.41, 5.74) is 2.39. The van der Waals surface area contributed by atoms with Crippen molar-refractivity contribution in [3.63, 3.8) is 0 Å². The number of hydrogen-bond donors (Lipinski definition) is 1. The van der Waals surface area contributed by atoms with Gasteiger partial charge in [0.1, 0.15) is 17.1 Å². The predicted octanol–water partition coefficient (Wildman–Crippen LogP) is 6.59. The molecular weight excluding hydrogens is 460 g/mol. The third-order valence-corrected chi connectivity index (χ3v) is 7.64. The Labute approximate surface area is 209 Å². The van der Waals surface area contributed by atoms with Crippen LogP contribution in [0.4, 0.5) is 5.69 Å². The molecule has 1 aliphatic heterocycles. The van der Waals surface area contributed by atoms with Crippen molar-refractivity contribution in [2.24, 2.45) is 5.92 Å². The maximum atomic E-state index is 13.2. The van der Waals surface area contributed by atoms with E-state index in [2.05, 4.69) is 17.1 Å². The van der Waals surface area contributed by atoms with Gasteiger partial charge in [0.05, 0.1) is 30.8 Å². The number of ether oxygens (including phenoxy) is 2. The van der Waals surface area contributed by atoms with Crippen LogP contribution in [0.25, 0.3) is 11.0 Å². The fourth-order valence-electron chi connectivity index (χ4n) is 4.81. The first-order valence-corrected chi connectivity index (χ1v) is 12.8. The highest BCUT2D eigenvalue weighted by atomic mass is 32.1. The summed E-state index contributed by atoms with van der Waals surface area (Å²) in [5, 5.41) is 5.96. The van der Waals surface area contributed by atoms with Crippen molar-refractivity contribution < 1.29 is 18.7 Å². The number of nitrogens with zero attached hydrogens (tertiary/aromatic N) is 1. The van der Waals surface area contributed by atoms with Gasteiger partial charge in [-0.25, -0.2) is 0 Å². The standard InChI is InChI=1S/C28H30N2O4S/c1-18-12-14-30(15-13-18)26(21-17-19(32-2)10-11-22(21)33-3)27-25(20-7-4-5-8-23(20)34-27)29-28(31)24-9-6-16-35-24/h4-11,16-18,26H,12-15H2,1-3H3,(H,29,31)/t26-/m0/s1. The lowest BCUT2D eigenvalue weighted by atomic mass is 9.93. The summed E-state index contributed by atoms with van der Waals surface area (Å²) in [4.78, 5) is 16.3. The molecule has 35 heavy (non-hydrogen) atoms. The number of carbonyl (C=O) groups is 1. The summed E-state index contributed by atoms with van der Waals surface area (Å²) in [7, 11) is 3.34. The quantitative estimate of drug-likeness (QED) is 0.317. The van der Waals surface area contributed by atoms with Gasteiger partial charge >= 0.3 is 0 Å². The molecule has 0 aliphatic carbocycles. The van der Waals surface area contributed by atoms with Crippen molar-refractivity contribution in [1.82, 2.24) is 4.90 Å². The number of hydrogen-bond acceptors (Lipinski definition) is 6. The van der Waals surface area contributed by atoms with Crippen molar-refractivity contribution >= 4 is 33.9 Å². The Morgan fingerprint density at radius 3 is 2.60 bits per heavy atom. The number of piperidine rings is 1. The summed E-state index contributed by atoms with van der Waals surface area (Å²) in [6, 6.07) is 17.1. The second-order valence-corrected chi connectivity index (χ2v) is 9.95. The Morgan fingerprint density at radius 2 is 1.89 bits per heavy atom. The average Bonchev–Trinajstić information content (AvgIpc) is 3.54. The van der Waals surface area contributed by atoms with E-state index in [-0.39, 0.29) is 11.9 Å². The van der Waals surface area contributed by atoms with Crippen LogP contribution in [-0.4, -0.2) is 38.1 Å². The molecule has 6 nitrogen and oxygen atoms in total. The number of furan rings is 1. The van der Waals surface area contributed by atoms with Crippen LogP contribution in [0.15, 0.2) is 64.4 Å². The first-order chi connectivity index (χ1) is 17.1. The fraction of sp³-hybridized carbons (Fsp3) is 0.321. The number of amides is 1. The van der Waals surface area contributed by atoms with Gasteiger partial charge in [-0.1, -0.05) is 25.1 Å². The van der Waals surface area contributed by atoms with E-state index in [0.717, 1.165) is 54.0 Å². The van der Waals surface area contributed by atoms with Crippen LogP contribution in [0.2, 0.25) is 0 Å². The Hall–Kier alpha value is -3.29. The summed E-state index contributed by atoms with van der Waals surface area (Å²) in [6.07, 6.45) is 2.19. The zero-order chi connectivity index (χ0) is 24.4. The number of fused-ring (bicyclic) bond motifs is 1. The Balaban J connectivity index is 1.69. The molecule has 182 valence electrons. The number of nitrogens with one attached hydrogen (secondary N) is 1. The van der Waals surface area contributed by atoms with Gasteiger partial charge in [0.15, 0.2) is 5.76 Å². The minimum Gasteiger partial charge on any atom is -0.497 e. The SMILES string of the molecule is COc1ccc(OC)c([C@@H](c2oc3ccccc3c2NC(=O)c2cccs2)N2CCC(C)CC2)c1. The highest BCUT2D eigenvalue weighted by Crippen LogP contribution is 2.45. The highest BCUT2D eigenvalue weighted by Gasteiger charge is 2.34. The maximum absolute atomic E-state index is 13.2. The third-order valence-electron chi connectivity index (χ3n) is 6.77. The normalized spacial score (nSPS) is 15.7. The molecule has 5 rings (SSSR count). The van der Waals surface area contributed by atoms with Gasteiger partial charge in [0, 0.05) is 10.9 Å². The van der Waals surface area contributed by atoms with E-state index in [4.69, 9.17) is 13.9 Å². The summed E-state index contributed by atoms with van der Waals surface area (Å²) in [6.45, 7) is 4.13. The van der Waals surface area contributed by atoms with Crippen LogP contribution >= 0.6 is 11.3 Å². The number of para-hydroxylation sites is 1. The molecule has 1 fully saturated rings. The van der Waals surface area contributed by atoms with E-state index in [1.807, 2.05) is 60.0 Å². The summed E-state index contributed by atoms with van der Waals surface area (Å²) >= 11 is 1.42. The van der Waals surface area contributed by atoms with Gasteiger partial charge in [-0.05, 0) is 73.6 Å². The number of carbonyl (C=O) groups excluding carboxylic acids is 1. The lowest BCUT2D eigenvalue weighted by Gasteiger charge is -2.37. The number of thiophene rings is 1. The van der Waals surface area contributed by atoms with Crippen molar-refractivity contribution in [3.05, 3.63) is 76.2 Å². The van der Waals surface area contributed by atoms with Crippen molar-refractivity contribution in [2.75, 3.05) is 32.6 Å². The molecule has 0 saturated carbocycles. The van der Waals surface area contributed by atoms with Crippen molar-refractivity contribution in [3.8, 4) is 11.5 Å². The van der Waals surface area contributed by atoms with E-state index in [1.54, 1.807) is 14.2 Å². The smallest absolute Gasteiger partial charge is 0.265 e. The molecular formula is C28H30N2O4S. The van der Waals surface area contributed by atoms with Crippen LogP contribution in [0.1, 0.15) is 46.8 Å². The fourth-order valence-corrected chi connectivity index (χ4v) is 5.43. The van der Waals surface area contributed by atoms with E-state index >= 15 is 0 Å². The molecule has 4 aromatic rings. The Kier molecular flexibility index (Phi) is 6.79. The molecule has 0 radical (unpaired) electrons. The number of methoxy groups -OCH3 is 2. The second-order valence-electron chi connectivity index (χ2n) is 9.00. The van der Waals surface area contributed by atoms with Crippen LogP contribution < -0.4 is 14.8 Å². The molecule has 0 unspecified atom stereocenters. The largest absolute Gasteiger partial charge is 0.497 e. The molecule has 1 N–H and O–H groups in total. The molecule has 1 atom stereocenters. The lowest BCUT2D eigenvalue weighted by Crippen LogP contribution is -2.37. The third kappa shape index (κ3) is 4.66. The van der Waals surface area contributed by atoms with E-state index in [0.29, 0.717) is 22.2 Å². The Bertz CT molecular complexity index is 1310. The number of likely N-dealkylation sites (tertiary alicyclic amines) is 1. The number of anilines is 1. The maximum Gasteiger partial charge on any atom is 0.265 e. The van der Waals surface area contributed by atoms with Gasteiger partial charge in [0.25, 0.3) is 5.91 Å². The molecule has 3 heterocycles. The topological polar surface area (TPSA) is 63.9 Å². The van der Waals surface area contributed by atoms with Crippen LogP contribution in [0, 0.1) is 5.92 Å². The zero-order valence-electron chi connectivity index (χ0n) is 20.2. The first kappa shape index (κ1) is 23.5. The van der Waals surface area contributed by atoms with Crippen molar-refractivity contribution in [1.29, 1.82) is 0 Å². The van der Waals surface area contributed by atoms with Gasteiger partial charge in [-0.15, -0.1) is 11.3 Å². The predicted molar refractivity (Wildman–Crippen MR) is 140 cm³/mol. The molecule has 1 saturated heterocycles. The first-order valence-electron chi connectivity index (χ1n) is 11.9. The molecule has 0 bridgehead atoms. The Morgan fingerprint density at radius 1 is 1.09 bits per heavy atom. The van der Waals surface area contributed by atoms with Gasteiger partial charge < -0.3 is 19.2 Å². The van der Waals surface area contributed by atoms with Gasteiger partial charge in [-0.2, -0.15) is 0 Å². The van der Waals surface area contributed by atoms with Crippen LogP contribution in [-0.2, 0) is 0 Å². The molecule has 2 aromatic heterocycles. The monoisotopic (exact) mass is 490 g/mol. The summed E-state index contributed by atoms with van der Waals surface area (Å²) < 4.78 is 17.9. The minimum absolute atomic E-state index is 0.142. The molecule has 7 heteroatoms. The number of rotatable bonds is 7.